The molecule has 4 nitrogen and oxygen atoms in total. The standard InChI is InChI=1S/C12H11NO2S.CH5N/c1-9(2)12(14)15-7-10-3-5-11(6-4-10)13-8-16;1-2/h3-6H,1,7H2,2H3;2H2,1H3. The summed E-state index contributed by atoms with van der Waals surface area (Å²) >= 11 is 4.49. The molecule has 2 N–H and O–H groups in total. The van der Waals surface area contributed by atoms with Crippen molar-refractivity contribution in [3.63, 3.8) is 0 Å². The minimum atomic E-state index is -0.388. The molecule has 0 spiro atoms. The summed E-state index contributed by atoms with van der Waals surface area (Å²) in [5.74, 6) is -0.388. The number of hydrogen-bond acceptors (Lipinski definition) is 5. The number of nitrogens with two attached hydrogens (primary N) is 1. The molecule has 5 heteroatoms. The summed E-state index contributed by atoms with van der Waals surface area (Å²) < 4.78 is 4.98. The molecule has 0 aliphatic rings. The minimum Gasteiger partial charge on any atom is -0.457 e. The van der Waals surface area contributed by atoms with Crippen molar-refractivity contribution < 1.29 is 9.53 Å². The zero-order chi connectivity index (χ0) is 14.0. The van der Waals surface area contributed by atoms with Crippen LogP contribution in [0.5, 0.6) is 0 Å². The third-order valence-electron chi connectivity index (χ3n) is 1.83. The van der Waals surface area contributed by atoms with E-state index in [0.29, 0.717) is 5.57 Å². The molecule has 0 amide bonds. The van der Waals surface area contributed by atoms with Gasteiger partial charge in [-0.1, -0.05) is 18.7 Å². The second-order valence-electron chi connectivity index (χ2n) is 3.23. The molecule has 0 fully saturated rings. The van der Waals surface area contributed by atoms with Crippen molar-refractivity contribution in [1.29, 1.82) is 0 Å². The molecule has 18 heavy (non-hydrogen) atoms. The number of nitrogens with zero attached hydrogens (tertiary/aromatic N) is 1. The molecule has 0 aromatic heterocycles. The van der Waals surface area contributed by atoms with Crippen LogP contribution in [-0.2, 0) is 16.1 Å². The van der Waals surface area contributed by atoms with E-state index in [4.69, 9.17) is 4.74 Å². The second-order valence-corrected chi connectivity index (χ2v) is 3.41. The van der Waals surface area contributed by atoms with E-state index in [9.17, 15) is 4.79 Å². The van der Waals surface area contributed by atoms with E-state index in [1.165, 1.54) is 7.05 Å². The van der Waals surface area contributed by atoms with E-state index < -0.39 is 0 Å². The molecule has 0 aliphatic carbocycles. The summed E-state index contributed by atoms with van der Waals surface area (Å²) in [6, 6.07) is 7.20. The fourth-order valence-electron chi connectivity index (χ4n) is 0.991. The first-order valence-corrected chi connectivity index (χ1v) is 5.61. The molecule has 0 heterocycles. The normalized spacial score (nSPS) is 8.39. The van der Waals surface area contributed by atoms with E-state index in [1.54, 1.807) is 19.1 Å². The van der Waals surface area contributed by atoms with Crippen molar-refractivity contribution in [3.8, 4) is 0 Å². The topological polar surface area (TPSA) is 64.7 Å². The van der Waals surface area contributed by atoms with Crippen LogP contribution in [0.3, 0.4) is 0 Å². The van der Waals surface area contributed by atoms with Crippen molar-refractivity contribution in [2.75, 3.05) is 7.05 Å². The second kappa shape index (κ2) is 9.24. The van der Waals surface area contributed by atoms with Gasteiger partial charge in [0.15, 0.2) is 0 Å². The van der Waals surface area contributed by atoms with Crippen LogP contribution in [0, 0.1) is 0 Å². The van der Waals surface area contributed by atoms with Gasteiger partial charge in [-0.25, -0.2) is 4.79 Å². The maximum absolute atomic E-state index is 11.1. The maximum atomic E-state index is 11.1. The van der Waals surface area contributed by atoms with Crippen molar-refractivity contribution in [1.82, 2.24) is 0 Å². The highest BCUT2D eigenvalue weighted by Gasteiger charge is 2.03. The number of thiocarbonyl (C=S) groups is 1. The van der Waals surface area contributed by atoms with E-state index in [-0.39, 0.29) is 12.6 Å². The Morgan fingerprint density at radius 2 is 2.00 bits per heavy atom. The summed E-state index contributed by atoms with van der Waals surface area (Å²) in [6.07, 6.45) is 0. The van der Waals surface area contributed by atoms with Crippen LogP contribution in [0.4, 0.5) is 5.69 Å². The molecule has 0 saturated heterocycles. The molecular formula is C13H16N2O2S. The molecule has 0 aliphatic heterocycles. The number of aliphatic imine (C=N–C) groups is 1. The first kappa shape index (κ1) is 16.2. The largest absolute Gasteiger partial charge is 0.457 e. The Morgan fingerprint density at radius 1 is 1.44 bits per heavy atom. The van der Waals surface area contributed by atoms with E-state index in [0.717, 1.165) is 11.3 Å². The van der Waals surface area contributed by atoms with Crippen LogP contribution in [0.2, 0.25) is 0 Å². The summed E-state index contributed by atoms with van der Waals surface area (Å²) in [4.78, 5) is 14.9. The molecule has 1 aromatic carbocycles. The van der Waals surface area contributed by atoms with Crippen LogP contribution < -0.4 is 5.73 Å². The number of carbonyl (C=O) groups excluding carboxylic acids is 1. The predicted molar refractivity (Wildman–Crippen MR) is 75.8 cm³/mol. The third-order valence-corrected chi connectivity index (χ3v) is 1.92. The van der Waals surface area contributed by atoms with Gasteiger partial charge in [0.05, 0.1) is 10.8 Å². The van der Waals surface area contributed by atoms with Gasteiger partial charge in [-0.15, -0.1) is 0 Å². The lowest BCUT2D eigenvalue weighted by molar-refractivity contribution is -0.140. The molecule has 0 unspecified atom stereocenters. The van der Waals surface area contributed by atoms with Gasteiger partial charge in [0.25, 0.3) is 0 Å². The van der Waals surface area contributed by atoms with Crippen LogP contribution in [0.15, 0.2) is 41.4 Å². The minimum absolute atomic E-state index is 0.229. The highest BCUT2D eigenvalue weighted by Crippen LogP contribution is 2.13. The zero-order valence-corrected chi connectivity index (χ0v) is 11.3. The van der Waals surface area contributed by atoms with Crippen molar-refractivity contribution in [2.45, 2.75) is 13.5 Å². The van der Waals surface area contributed by atoms with Crippen molar-refractivity contribution in [3.05, 3.63) is 42.0 Å². The number of hydrogen-bond donors (Lipinski definition) is 1. The Kier molecular flexibility index (Phi) is 8.31. The molecule has 1 aromatic rings. The highest BCUT2D eigenvalue weighted by molar-refractivity contribution is 7.78. The van der Waals surface area contributed by atoms with Gasteiger partial charge in [0.2, 0.25) is 0 Å². The number of benzene rings is 1. The first-order chi connectivity index (χ1) is 8.63. The van der Waals surface area contributed by atoms with Gasteiger partial charge in [0.1, 0.15) is 6.61 Å². The van der Waals surface area contributed by atoms with Crippen LogP contribution in [0.1, 0.15) is 12.5 Å². The molecule has 0 radical (unpaired) electrons. The van der Waals surface area contributed by atoms with Crippen LogP contribution in [-0.4, -0.2) is 18.2 Å². The molecule has 1 rings (SSSR count). The Labute approximate surface area is 112 Å². The average Bonchev–Trinajstić information content (AvgIpc) is 2.40. The molecule has 0 atom stereocenters. The number of isothiocyanates is 1. The van der Waals surface area contributed by atoms with E-state index >= 15 is 0 Å². The van der Waals surface area contributed by atoms with Gasteiger partial charge in [-0.3, -0.25) is 0 Å². The van der Waals surface area contributed by atoms with E-state index in [2.05, 4.69) is 34.7 Å². The monoisotopic (exact) mass is 264 g/mol. The fraction of sp³-hybridized carbons (Fsp3) is 0.231. The van der Waals surface area contributed by atoms with Gasteiger partial charge in [-0.2, -0.15) is 4.99 Å². The number of carbonyl (C=O) groups is 1. The Balaban J connectivity index is 0.00000137. The maximum Gasteiger partial charge on any atom is 0.333 e. The van der Waals surface area contributed by atoms with Gasteiger partial charge in [-0.05, 0) is 43.9 Å². The fourth-order valence-corrected chi connectivity index (χ4v) is 1.10. The summed E-state index contributed by atoms with van der Waals surface area (Å²) in [7, 11) is 1.50. The summed E-state index contributed by atoms with van der Waals surface area (Å²) in [5.41, 5.74) is 6.50. The zero-order valence-electron chi connectivity index (χ0n) is 10.5. The summed E-state index contributed by atoms with van der Waals surface area (Å²) in [5, 5.41) is 2.28. The molecular weight excluding hydrogens is 248 g/mol. The van der Waals surface area contributed by atoms with Gasteiger partial charge < -0.3 is 10.5 Å². The lowest BCUT2D eigenvalue weighted by Crippen LogP contribution is -2.04. The van der Waals surface area contributed by atoms with Gasteiger partial charge in [0, 0.05) is 5.57 Å². The van der Waals surface area contributed by atoms with Crippen LogP contribution in [0.25, 0.3) is 0 Å². The number of ether oxygens (including phenoxy) is 1. The smallest absolute Gasteiger partial charge is 0.333 e. The molecule has 0 saturated carbocycles. The SMILES string of the molecule is C=C(C)C(=O)OCc1ccc(N=C=S)cc1.CN. The molecule has 96 valence electrons. The lowest BCUT2D eigenvalue weighted by atomic mass is 10.2. The first-order valence-electron chi connectivity index (χ1n) is 5.20. The Bertz CT molecular complexity index is 449. The average molecular weight is 264 g/mol. The van der Waals surface area contributed by atoms with Gasteiger partial charge >= 0.3 is 5.97 Å². The predicted octanol–water partition coefficient (Wildman–Crippen LogP) is 2.62. The third kappa shape index (κ3) is 6.06. The number of esters is 1. The Morgan fingerprint density at radius 3 is 2.44 bits per heavy atom. The van der Waals surface area contributed by atoms with E-state index in [1.807, 2.05) is 12.1 Å². The Hall–Kier alpha value is -1.81. The van der Waals surface area contributed by atoms with Crippen LogP contribution >= 0.6 is 12.2 Å². The quantitative estimate of drug-likeness (QED) is 0.393. The van der Waals surface area contributed by atoms with Crippen molar-refractivity contribution in [2.24, 2.45) is 10.7 Å². The van der Waals surface area contributed by atoms with Crippen molar-refractivity contribution >= 4 is 29.0 Å². The number of rotatable bonds is 4. The lowest BCUT2D eigenvalue weighted by Gasteiger charge is -2.04. The molecule has 0 bridgehead atoms. The summed E-state index contributed by atoms with van der Waals surface area (Å²) in [6.45, 7) is 5.34. The highest BCUT2D eigenvalue weighted by atomic mass is 32.1.